The lowest BCUT2D eigenvalue weighted by atomic mass is 9.95. The van der Waals surface area contributed by atoms with E-state index in [2.05, 4.69) is 0 Å². The summed E-state index contributed by atoms with van der Waals surface area (Å²) in [5.41, 5.74) is 0. The Kier molecular flexibility index (Phi) is 6.69. The predicted octanol–water partition coefficient (Wildman–Crippen LogP) is 1.33. The molecule has 2 unspecified atom stereocenters. The van der Waals surface area contributed by atoms with Gasteiger partial charge in [-0.25, -0.2) is 0 Å². The highest BCUT2D eigenvalue weighted by Gasteiger charge is 2.23. The third-order valence-electron chi connectivity index (χ3n) is 3.34. The molecular weight excluding hydrogens is 232 g/mol. The van der Waals surface area contributed by atoms with Crippen molar-refractivity contribution < 1.29 is 14.3 Å². The summed E-state index contributed by atoms with van der Waals surface area (Å²) >= 11 is 0. The zero-order chi connectivity index (χ0) is 13.4. The summed E-state index contributed by atoms with van der Waals surface area (Å²) in [4.78, 5) is 13.2. The fourth-order valence-corrected chi connectivity index (χ4v) is 2.11. The highest BCUT2D eigenvalue weighted by Crippen LogP contribution is 2.22. The third kappa shape index (κ3) is 5.03. The van der Waals surface area contributed by atoms with E-state index in [1.54, 1.807) is 19.1 Å². The van der Waals surface area contributed by atoms with Crippen molar-refractivity contribution in [1.29, 1.82) is 5.26 Å². The summed E-state index contributed by atoms with van der Waals surface area (Å²) in [5.74, 6) is -0.0650. The molecular formula is C13H22N2O3. The molecule has 1 aliphatic rings. The molecule has 0 N–H and O–H groups in total. The van der Waals surface area contributed by atoms with Crippen LogP contribution in [-0.2, 0) is 14.3 Å². The average Bonchev–Trinajstić information content (AvgIpc) is 2.42. The van der Waals surface area contributed by atoms with E-state index in [0.29, 0.717) is 13.0 Å². The van der Waals surface area contributed by atoms with Crippen LogP contribution in [0.15, 0.2) is 0 Å². The van der Waals surface area contributed by atoms with Crippen molar-refractivity contribution in [3.63, 3.8) is 0 Å². The Balaban J connectivity index is 2.23. The number of nitriles is 1. The lowest BCUT2D eigenvalue weighted by Crippen LogP contribution is -2.34. The van der Waals surface area contributed by atoms with Crippen molar-refractivity contribution in [2.24, 2.45) is 0 Å². The lowest BCUT2D eigenvalue weighted by Gasteiger charge is -2.28. The highest BCUT2D eigenvalue weighted by atomic mass is 16.5. The van der Waals surface area contributed by atoms with Crippen LogP contribution in [0, 0.1) is 11.3 Å². The molecule has 18 heavy (non-hydrogen) atoms. The first kappa shape index (κ1) is 14.9. The number of hydrogen-bond donors (Lipinski definition) is 0. The molecule has 5 heteroatoms. The van der Waals surface area contributed by atoms with Gasteiger partial charge < -0.3 is 14.4 Å². The fourth-order valence-electron chi connectivity index (χ4n) is 2.11. The quantitative estimate of drug-likeness (QED) is 0.717. The van der Waals surface area contributed by atoms with Crippen molar-refractivity contribution in [2.45, 2.75) is 44.3 Å². The SMILES string of the molecule is COC1CCCC(OCC(=O)N(C)CCC#N)C1. The first-order chi connectivity index (χ1) is 8.67. The maximum atomic E-state index is 11.7. The largest absolute Gasteiger partial charge is 0.381 e. The number of amides is 1. The molecule has 1 fully saturated rings. The molecule has 1 rings (SSSR count). The van der Waals surface area contributed by atoms with Crippen LogP contribution in [-0.4, -0.2) is 50.3 Å². The van der Waals surface area contributed by atoms with Gasteiger partial charge in [-0.15, -0.1) is 0 Å². The lowest BCUT2D eigenvalue weighted by molar-refractivity contribution is -0.138. The minimum absolute atomic E-state index is 0.0650. The molecule has 0 bridgehead atoms. The van der Waals surface area contributed by atoms with Crippen LogP contribution in [0.4, 0.5) is 0 Å². The van der Waals surface area contributed by atoms with E-state index in [9.17, 15) is 4.79 Å². The molecule has 0 aliphatic heterocycles. The van der Waals surface area contributed by atoms with Crippen molar-refractivity contribution in [2.75, 3.05) is 27.3 Å². The Bertz CT molecular complexity index is 301. The number of likely N-dealkylation sites (N-methyl/N-ethyl adjacent to an activating group) is 1. The van der Waals surface area contributed by atoms with Crippen LogP contribution in [0.1, 0.15) is 32.1 Å². The van der Waals surface area contributed by atoms with Gasteiger partial charge in [0.25, 0.3) is 0 Å². The second kappa shape index (κ2) is 8.06. The molecule has 102 valence electrons. The van der Waals surface area contributed by atoms with Crippen LogP contribution < -0.4 is 0 Å². The Labute approximate surface area is 109 Å². The normalized spacial score (nSPS) is 23.4. The minimum atomic E-state index is -0.0650. The maximum absolute atomic E-state index is 11.7. The standard InChI is InChI=1S/C13H22N2O3/c1-15(8-4-7-14)13(16)10-18-12-6-3-5-11(9-12)17-2/h11-12H,3-6,8-10H2,1-2H3. The molecule has 0 spiro atoms. The molecule has 0 saturated heterocycles. The number of carbonyl (C=O) groups is 1. The second-order valence-corrected chi connectivity index (χ2v) is 4.68. The third-order valence-corrected chi connectivity index (χ3v) is 3.34. The van der Waals surface area contributed by atoms with Gasteiger partial charge in [0.05, 0.1) is 24.7 Å². The average molecular weight is 254 g/mol. The number of methoxy groups -OCH3 is 1. The van der Waals surface area contributed by atoms with E-state index in [1.165, 1.54) is 0 Å². The van der Waals surface area contributed by atoms with E-state index in [4.69, 9.17) is 14.7 Å². The number of ether oxygens (including phenoxy) is 2. The maximum Gasteiger partial charge on any atom is 0.248 e. The van der Waals surface area contributed by atoms with Crippen LogP contribution in [0.5, 0.6) is 0 Å². The number of hydrogen-bond acceptors (Lipinski definition) is 4. The van der Waals surface area contributed by atoms with E-state index < -0.39 is 0 Å². The molecule has 0 aromatic rings. The van der Waals surface area contributed by atoms with Crippen molar-refractivity contribution in [3.05, 3.63) is 0 Å². The summed E-state index contributed by atoms with van der Waals surface area (Å²) in [7, 11) is 3.41. The van der Waals surface area contributed by atoms with Gasteiger partial charge in [-0.2, -0.15) is 5.26 Å². The van der Waals surface area contributed by atoms with E-state index in [-0.39, 0.29) is 24.7 Å². The molecule has 1 amide bonds. The molecule has 5 nitrogen and oxygen atoms in total. The molecule has 0 radical (unpaired) electrons. The molecule has 1 aliphatic carbocycles. The number of rotatable bonds is 6. The smallest absolute Gasteiger partial charge is 0.248 e. The zero-order valence-electron chi connectivity index (χ0n) is 11.2. The molecule has 0 aromatic carbocycles. The first-order valence-corrected chi connectivity index (χ1v) is 6.42. The van der Waals surface area contributed by atoms with Gasteiger partial charge in [0.1, 0.15) is 6.61 Å². The van der Waals surface area contributed by atoms with Gasteiger partial charge in [0.15, 0.2) is 0 Å². The van der Waals surface area contributed by atoms with Crippen LogP contribution >= 0.6 is 0 Å². The summed E-state index contributed by atoms with van der Waals surface area (Å²) < 4.78 is 10.9. The summed E-state index contributed by atoms with van der Waals surface area (Å²) in [6.45, 7) is 0.563. The van der Waals surface area contributed by atoms with Gasteiger partial charge in [0.2, 0.25) is 5.91 Å². The Hall–Kier alpha value is -1.12. The van der Waals surface area contributed by atoms with Gasteiger partial charge >= 0.3 is 0 Å². The topological polar surface area (TPSA) is 62.6 Å². The fraction of sp³-hybridized carbons (Fsp3) is 0.846. The molecule has 1 saturated carbocycles. The summed E-state index contributed by atoms with van der Waals surface area (Å²) in [6.07, 6.45) is 4.76. The molecule has 2 atom stereocenters. The summed E-state index contributed by atoms with van der Waals surface area (Å²) in [5, 5.41) is 8.45. The predicted molar refractivity (Wildman–Crippen MR) is 66.9 cm³/mol. The van der Waals surface area contributed by atoms with Crippen LogP contribution in [0.25, 0.3) is 0 Å². The van der Waals surface area contributed by atoms with Gasteiger partial charge in [-0.05, 0) is 25.7 Å². The Morgan fingerprint density at radius 3 is 2.83 bits per heavy atom. The Morgan fingerprint density at radius 2 is 2.17 bits per heavy atom. The zero-order valence-corrected chi connectivity index (χ0v) is 11.2. The number of nitrogens with zero attached hydrogens (tertiary/aromatic N) is 2. The van der Waals surface area contributed by atoms with Crippen molar-refractivity contribution in [1.82, 2.24) is 4.90 Å². The summed E-state index contributed by atoms with van der Waals surface area (Å²) in [6, 6.07) is 2.02. The van der Waals surface area contributed by atoms with E-state index >= 15 is 0 Å². The Morgan fingerprint density at radius 1 is 1.44 bits per heavy atom. The first-order valence-electron chi connectivity index (χ1n) is 6.42. The molecule has 0 heterocycles. The van der Waals surface area contributed by atoms with Crippen molar-refractivity contribution >= 4 is 5.91 Å². The van der Waals surface area contributed by atoms with Crippen molar-refractivity contribution in [3.8, 4) is 6.07 Å². The highest BCUT2D eigenvalue weighted by molar-refractivity contribution is 5.77. The van der Waals surface area contributed by atoms with Crippen LogP contribution in [0.2, 0.25) is 0 Å². The van der Waals surface area contributed by atoms with Gasteiger partial charge in [0, 0.05) is 20.7 Å². The minimum Gasteiger partial charge on any atom is -0.381 e. The van der Waals surface area contributed by atoms with Gasteiger partial charge in [-0.1, -0.05) is 0 Å². The second-order valence-electron chi connectivity index (χ2n) is 4.68. The van der Waals surface area contributed by atoms with Crippen LogP contribution in [0.3, 0.4) is 0 Å². The monoisotopic (exact) mass is 254 g/mol. The van der Waals surface area contributed by atoms with E-state index in [0.717, 1.165) is 25.7 Å². The van der Waals surface area contributed by atoms with E-state index in [1.807, 2.05) is 6.07 Å². The molecule has 0 aromatic heterocycles. The number of carbonyl (C=O) groups excluding carboxylic acids is 1. The van der Waals surface area contributed by atoms with Gasteiger partial charge in [-0.3, -0.25) is 4.79 Å².